The van der Waals surface area contributed by atoms with Crippen molar-refractivity contribution in [1.29, 1.82) is 0 Å². The predicted octanol–water partition coefficient (Wildman–Crippen LogP) is 2.44. The fourth-order valence-electron chi connectivity index (χ4n) is 6.40. The van der Waals surface area contributed by atoms with Gasteiger partial charge in [0.15, 0.2) is 11.6 Å². The lowest BCUT2D eigenvalue weighted by molar-refractivity contribution is 0.0606. The van der Waals surface area contributed by atoms with E-state index in [1.807, 2.05) is 0 Å². The van der Waals surface area contributed by atoms with E-state index in [0.29, 0.717) is 32.0 Å². The van der Waals surface area contributed by atoms with Crippen molar-refractivity contribution in [2.45, 2.75) is 37.9 Å². The molecule has 1 aromatic heterocycles. The topological polar surface area (TPSA) is 64.2 Å². The lowest BCUT2D eigenvalue weighted by atomic mass is 9.98. The molecule has 4 aliphatic heterocycles. The van der Waals surface area contributed by atoms with Crippen LogP contribution in [0, 0.1) is 11.6 Å². The highest BCUT2D eigenvalue weighted by molar-refractivity contribution is 6.03. The van der Waals surface area contributed by atoms with E-state index in [-0.39, 0.29) is 52.7 Å². The molecule has 2 atom stereocenters. The van der Waals surface area contributed by atoms with Crippen molar-refractivity contribution in [1.82, 2.24) is 25.0 Å². The highest BCUT2D eigenvalue weighted by atomic mass is 19.1. The molecule has 2 aromatic rings. The molecule has 1 aromatic carbocycles. The Hall–Kier alpha value is -2.82. The van der Waals surface area contributed by atoms with Gasteiger partial charge < -0.3 is 24.8 Å². The first-order valence-corrected chi connectivity index (χ1v) is 13.6. The van der Waals surface area contributed by atoms with Crippen LogP contribution in [-0.4, -0.2) is 109 Å². The van der Waals surface area contributed by atoms with Gasteiger partial charge in [-0.3, -0.25) is 9.69 Å². The lowest BCUT2D eigenvalue weighted by Crippen LogP contribution is -2.55. The molecule has 5 heterocycles. The van der Waals surface area contributed by atoms with Gasteiger partial charge in [0.25, 0.3) is 5.91 Å². The van der Waals surface area contributed by atoms with Crippen LogP contribution in [0.1, 0.15) is 30.6 Å². The zero-order chi connectivity index (χ0) is 26.6. The summed E-state index contributed by atoms with van der Waals surface area (Å²) in [6, 6.07) is 6.10. The SMILES string of the molecule is CN1CCN(C2CN(c3nc(-c4ccccc4F)c(F)c4c3C(=O)N3CCNC[C@@H]3CO4)C(C)(C)C2)CC1. The van der Waals surface area contributed by atoms with E-state index in [1.54, 1.807) is 17.0 Å². The van der Waals surface area contributed by atoms with Crippen LogP contribution in [0.25, 0.3) is 11.3 Å². The zero-order valence-corrected chi connectivity index (χ0v) is 22.3. The minimum Gasteiger partial charge on any atom is -0.487 e. The largest absolute Gasteiger partial charge is 0.487 e. The number of likely N-dealkylation sites (N-methyl/N-ethyl adjacent to an activating group) is 1. The Labute approximate surface area is 222 Å². The fourth-order valence-corrected chi connectivity index (χ4v) is 6.40. The molecule has 0 bridgehead atoms. The van der Waals surface area contributed by atoms with Crippen LogP contribution < -0.4 is 15.0 Å². The van der Waals surface area contributed by atoms with Crippen molar-refractivity contribution < 1.29 is 18.3 Å². The minimum absolute atomic E-state index is 0.0568. The molecule has 0 spiro atoms. The van der Waals surface area contributed by atoms with Crippen LogP contribution >= 0.6 is 0 Å². The third-order valence-electron chi connectivity index (χ3n) is 8.62. The molecule has 3 fully saturated rings. The number of fused-ring (bicyclic) bond motifs is 2. The van der Waals surface area contributed by atoms with Crippen molar-refractivity contribution in [3.05, 3.63) is 41.5 Å². The third kappa shape index (κ3) is 4.32. The first kappa shape index (κ1) is 25.5. The number of hydrogen-bond donors (Lipinski definition) is 1. The van der Waals surface area contributed by atoms with Crippen LogP contribution in [0.3, 0.4) is 0 Å². The van der Waals surface area contributed by atoms with E-state index in [9.17, 15) is 9.18 Å². The number of aromatic nitrogens is 1. The van der Waals surface area contributed by atoms with Crippen LogP contribution in [0.2, 0.25) is 0 Å². The van der Waals surface area contributed by atoms with Crippen LogP contribution in [0.4, 0.5) is 14.6 Å². The number of anilines is 1. The Balaban J connectivity index is 1.48. The Morgan fingerprint density at radius 1 is 1.08 bits per heavy atom. The van der Waals surface area contributed by atoms with Gasteiger partial charge in [-0.25, -0.2) is 13.8 Å². The summed E-state index contributed by atoms with van der Waals surface area (Å²) in [5.41, 5.74) is -0.267. The average Bonchev–Trinajstić information content (AvgIpc) is 3.14. The normalized spacial score (nSPS) is 26.1. The first-order valence-electron chi connectivity index (χ1n) is 13.6. The summed E-state index contributed by atoms with van der Waals surface area (Å²) < 4.78 is 37.1. The number of amides is 1. The van der Waals surface area contributed by atoms with Gasteiger partial charge in [0, 0.05) is 69.5 Å². The van der Waals surface area contributed by atoms with Gasteiger partial charge in [-0.15, -0.1) is 0 Å². The summed E-state index contributed by atoms with van der Waals surface area (Å²) in [5, 5.41) is 3.29. The van der Waals surface area contributed by atoms with Crippen molar-refractivity contribution in [3.63, 3.8) is 0 Å². The summed E-state index contributed by atoms with van der Waals surface area (Å²) >= 11 is 0. The smallest absolute Gasteiger partial charge is 0.261 e. The van der Waals surface area contributed by atoms with Gasteiger partial charge in [0.1, 0.15) is 29.5 Å². The molecular weight excluding hydrogens is 490 g/mol. The Morgan fingerprint density at radius 3 is 2.61 bits per heavy atom. The van der Waals surface area contributed by atoms with Crippen molar-refractivity contribution in [3.8, 4) is 17.0 Å². The number of carbonyl (C=O) groups excluding carboxylic acids is 1. The highest BCUT2D eigenvalue weighted by Gasteiger charge is 2.46. The van der Waals surface area contributed by atoms with Gasteiger partial charge in [-0.1, -0.05) is 12.1 Å². The first-order chi connectivity index (χ1) is 18.2. The number of benzene rings is 1. The maximum atomic E-state index is 16.1. The highest BCUT2D eigenvalue weighted by Crippen LogP contribution is 2.44. The van der Waals surface area contributed by atoms with Crippen molar-refractivity contribution in [2.75, 3.05) is 70.9 Å². The Kier molecular flexibility index (Phi) is 6.52. The second-order valence-electron chi connectivity index (χ2n) is 11.6. The summed E-state index contributed by atoms with van der Waals surface area (Å²) in [6.07, 6.45) is 0.880. The number of piperazine rings is 2. The summed E-state index contributed by atoms with van der Waals surface area (Å²) in [5.74, 6) is -1.37. The lowest BCUT2D eigenvalue weighted by Gasteiger charge is -2.36. The van der Waals surface area contributed by atoms with Crippen LogP contribution in [0.5, 0.6) is 5.75 Å². The van der Waals surface area contributed by atoms with E-state index < -0.39 is 11.6 Å². The third-order valence-corrected chi connectivity index (χ3v) is 8.62. The number of nitrogens with zero attached hydrogens (tertiary/aromatic N) is 5. The molecule has 1 unspecified atom stereocenters. The van der Waals surface area contributed by atoms with Gasteiger partial charge in [-0.2, -0.15) is 0 Å². The standard InChI is InChI=1S/C28H36F2N6O2/c1-28(2)14-18(34-12-10-33(3)11-13-34)16-36(28)26-22-25(38-17-19-15-31-8-9-35(19)27(22)37)23(30)24(32-26)20-6-4-5-7-21(20)29/h4-7,18-19,31H,8-17H2,1-3H3/t18?,19-/m1/s1. The number of halogens is 2. The van der Waals surface area contributed by atoms with Crippen LogP contribution in [-0.2, 0) is 0 Å². The fraction of sp³-hybridized carbons (Fsp3) is 0.571. The molecule has 1 N–H and O–H groups in total. The number of pyridine rings is 1. The van der Waals surface area contributed by atoms with E-state index in [4.69, 9.17) is 9.72 Å². The van der Waals surface area contributed by atoms with Gasteiger partial charge in [0.2, 0.25) is 0 Å². The molecule has 4 aliphatic rings. The second-order valence-corrected chi connectivity index (χ2v) is 11.6. The van der Waals surface area contributed by atoms with E-state index in [1.165, 1.54) is 12.1 Å². The molecule has 6 rings (SSSR count). The monoisotopic (exact) mass is 526 g/mol. The molecule has 1 amide bonds. The van der Waals surface area contributed by atoms with E-state index in [2.05, 4.69) is 40.9 Å². The maximum Gasteiger partial charge on any atom is 0.261 e. The minimum atomic E-state index is -0.789. The number of carbonyl (C=O) groups is 1. The molecular formula is C28H36F2N6O2. The average molecular weight is 527 g/mol. The molecule has 0 radical (unpaired) electrons. The van der Waals surface area contributed by atoms with E-state index >= 15 is 4.39 Å². The molecule has 204 valence electrons. The van der Waals surface area contributed by atoms with Crippen molar-refractivity contribution in [2.24, 2.45) is 0 Å². The zero-order valence-electron chi connectivity index (χ0n) is 22.3. The van der Waals surface area contributed by atoms with Gasteiger partial charge in [0.05, 0.1) is 6.04 Å². The summed E-state index contributed by atoms with van der Waals surface area (Å²) in [7, 11) is 2.14. The van der Waals surface area contributed by atoms with Crippen LogP contribution in [0.15, 0.2) is 24.3 Å². The predicted molar refractivity (Wildman–Crippen MR) is 142 cm³/mol. The molecule has 8 nitrogen and oxygen atoms in total. The van der Waals surface area contributed by atoms with Gasteiger partial charge in [-0.05, 0) is 39.4 Å². The Morgan fingerprint density at radius 2 is 1.84 bits per heavy atom. The number of hydrogen-bond acceptors (Lipinski definition) is 7. The number of nitrogens with one attached hydrogen (secondary N) is 1. The summed E-state index contributed by atoms with van der Waals surface area (Å²) in [6.45, 7) is 10.8. The number of ether oxygens (including phenoxy) is 1. The van der Waals surface area contributed by atoms with Gasteiger partial charge >= 0.3 is 0 Å². The molecule has 10 heteroatoms. The number of rotatable bonds is 3. The second kappa shape index (κ2) is 9.73. The molecule has 38 heavy (non-hydrogen) atoms. The van der Waals surface area contributed by atoms with Crippen molar-refractivity contribution >= 4 is 11.7 Å². The quantitative estimate of drug-likeness (QED) is 0.659. The molecule has 0 aliphatic carbocycles. The molecule has 0 saturated carbocycles. The Bertz CT molecular complexity index is 1230. The van der Waals surface area contributed by atoms with E-state index in [0.717, 1.165) is 32.6 Å². The molecule has 3 saturated heterocycles. The summed E-state index contributed by atoms with van der Waals surface area (Å²) in [4.78, 5) is 27.5. The maximum absolute atomic E-state index is 16.1.